The summed E-state index contributed by atoms with van der Waals surface area (Å²) in [5.41, 5.74) is 0.647. The van der Waals surface area contributed by atoms with Crippen LogP contribution in [-0.4, -0.2) is 56.8 Å². The SMILES string of the molecule is COc1ccc(OCCC(=O)OC(C(=O)N2CCOCC2)c2ccccc2)cc1. The van der Waals surface area contributed by atoms with Crippen molar-refractivity contribution in [2.75, 3.05) is 40.0 Å². The molecule has 1 atom stereocenters. The van der Waals surface area contributed by atoms with Gasteiger partial charge in [-0.3, -0.25) is 9.59 Å². The van der Waals surface area contributed by atoms with Crippen molar-refractivity contribution in [3.8, 4) is 11.5 Å². The first kappa shape index (κ1) is 20.7. The summed E-state index contributed by atoms with van der Waals surface area (Å²) in [5, 5.41) is 0. The summed E-state index contributed by atoms with van der Waals surface area (Å²) in [6, 6.07) is 16.1. The molecule has 2 aromatic rings. The Labute approximate surface area is 170 Å². The maximum Gasteiger partial charge on any atom is 0.310 e. The van der Waals surface area contributed by atoms with Crippen molar-refractivity contribution in [3.05, 3.63) is 60.2 Å². The molecule has 0 aromatic heterocycles. The van der Waals surface area contributed by atoms with Gasteiger partial charge >= 0.3 is 5.97 Å². The van der Waals surface area contributed by atoms with Gasteiger partial charge in [0, 0.05) is 18.7 Å². The summed E-state index contributed by atoms with van der Waals surface area (Å²) >= 11 is 0. The second-order valence-electron chi connectivity index (χ2n) is 6.49. The molecule has 1 saturated heterocycles. The highest BCUT2D eigenvalue weighted by Gasteiger charge is 2.30. The van der Waals surface area contributed by atoms with Gasteiger partial charge in [-0.1, -0.05) is 30.3 Å². The topological polar surface area (TPSA) is 74.3 Å². The summed E-state index contributed by atoms with van der Waals surface area (Å²) in [6.45, 7) is 2.09. The second-order valence-corrected chi connectivity index (χ2v) is 6.49. The molecule has 3 rings (SSSR count). The van der Waals surface area contributed by atoms with E-state index < -0.39 is 12.1 Å². The quantitative estimate of drug-likeness (QED) is 0.636. The predicted octanol–water partition coefficient (Wildman–Crippen LogP) is 2.61. The average molecular weight is 399 g/mol. The van der Waals surface area contributed by atoms with Gasteiger partial charge < -0.3 is 23.8 Å². The van der Waals surface area contributed by atoms with Crippen molar-refractivity contribution in [1.29, 1.82) is 0 Å². The van der Waals surface area contributed by atoms with Crippen LogP contribution in [0.15, 0.2) is 54.6 Å². The van der Waals surface area contributed by atoms with Crippen molar-refractivity contribution in [2.24, 2.45) is 0 Å². The van der Waals surface area contributed by atoms with Crippen LogP contribution in [0.2, 0.25) is 0 Å². The molecule has 0 radical (unpaired) electrons. The number of hydrogen-bond donors (Lipinski definition) is 0. The molecule has 1 aliphatic heterocycles. The average Bonchev–Trinajstić information content (AvgIpc) is 2.78. The molecule has 0 aliphatic carbocycles. The van der Waals surface area contributed by atoms with Crippen LogP contribution in [0.1, 0.15) is 18.1 Å². The van der Waals surface area contributed by atoms with E-state index in [1.807, 2.05) is 18.2 Å². The lowest BCUT2D eigenvalue weighted by atomic mass is 10.1. The van der Waals surface area contributed by atoms with E-state index in [4.69, 9.17) is 18.9 Å². The number of amides is 1. The molecule has 0 spiro atoms. The minimum absolute atomic E-state index is 0.0335. The number of carbonyl (C=O) groups excluding carboxylic acids is 2. The Balaban J connectivity index is 1.57. The standard InChI is InChI=1S/C22H25NO6/c1-26-18-7-9-19(10-8-18)28-14-11-20(24)29-21(17-5-3-2-4-6-17)22(25)23-12-15-27-16-13-23/h2-10,21H,11-16H2,1H3. The first-order valence-electron chi connectivity index (χ1n) is 9.55. The van der Waals surface area contributed by atoms with Crippen LogP contribution in [-0.2, 0) is 19.1 Å². The zero-order chi connectivity index (χ0) is 20.5. The van der Waals surface area contributed by atoms with E-state index in [1.165, 1.54) is 0 Å². The molecular weight excluding hydrogens is 374 g/mol. The van der Waals surface area contributed by atoms with Gasteiger partial charge in [0.1, 0.15) is 11.5 Å². The zero-order valence-electron chi connectivity index (χ0n) is 16.4. The number of carbonyl (C=O) groups is 2. The summed E-state index contributed by atoms with van der Waals surface area (Å²) < 4.78 is 21.5. The van der Waals surface area contributed by atoms with Gasteiger partial charge in [-0.25, -0.2) is 0 Å². The maximum atomic E-state index is 12.9. The molecule has 1 unspecified atom stereocenters. The fourth-order valence-electron chi connectivity index (χ4n) is 2.95. The Morgan fingerprint density at radius 2 is 1.66 bits per heavy atom. The Hall–Kier alpha value is -3.06. The highest BCUT2D eigenvalue weighted by Crippen LogP contribution is 2.22. The van der Waals surface area contributed by atoms with Crippen molar-refractivity contribution < 1.29 is 28.5 Å². The molecule has 0 N–H and O–H groups in total. The van der Waals surface area contributed by atoms with Crippen molar-refractivity contribution in [1.82, 2.24) is 4.90 Å². The third-order valence-corrected chi connectivity index (χ3v) is 4.53. The number of benzene rings is 2. The summed E-state index contributed by atoms with van der Waals surface area (Å²) in [6.07, 6.45) is -0.936. The number of rotatable bonds is 8. The lowest BCUT2D eigenvalue weighted by Crippen LogP contribution is -2.44. The smallest absolute Gasteiger partial charge is 0.310 e. The van der Waals surface area contributed by atoms with Gasteiger partial charge in [0.05, 0.1) is 33.4 Å². The molecule has 7 heteroatoms. The molecule has 0 saturated carbocycles. The normalized spacial score (nSPS) is 14.7. The second kappa shape index (κ2) is 10.5. The molecule has 1 heterocycles. The highest BCUT2D eigenvalue weighted by molar-refractivity contribution is 5.85. The first-order chi connectivity index (χ1) is 14.2. The van der Waals surface area contributed by atoms with Gasteiger partial charge in [0.25, 0.3) is 5.91 Å². The van der Waals surface area contributed by atoms with E-state index in [-0.39, 0.29) is 18.9 Å². The fourth-order valence-corrected chi connectivity index (χ4v) is 2.95. The molecule has 1 fully saturated rings. The number of methoxy groups -OCH3 is 1. The molecule has 0 bridgehead atoms. The Morgan fingerprint density at radius 3 is 2.31 bits per heavy atom. The van der Waals surface area contributed by atoms with Crippen molar-refractivity contribution >= 4 is 11.9 Å². The van der Waals surface area contributed by atoms with E-state index in [1.54, 1.807) is 48.4 Å². The summed E-state index contributed by atoms with van der Waals surface area (Å²) in [7, 11) is 1.59. The van der Waals surface area contributed by atoms with E-state index in [0.29, 0.717) is 37.6 Å². The maximum absolute atomic E-state index is 12.9. The van der Waals surface area contributed by atoms with Gasteiger partial charge in [-0.2, -0.15) is 0 Å². The minimum atomic E-state index is -0.970. The van der Waals surface area contributed by atoms with Crippen molar-refractivity contribution in [2.45, 2.75) is 12.5 Å². The number of nitrogens with zero attached hydrogens (tertiary/aromatic N) is 1. The lowest BCUT2D eigenvalue weighted by molar-refractivity contribution is -0.163. The first-order valence-corrected chi connectivity index (χ1v) is 9.55. The lowest BCUT2D eigenvalue weighted by Gasteiger charge is -2.30. The van der Waals surface area contributed by atoms with Crippen LogP contribution in [0.4, 0.5) is 0 Å². The number of morpholine rings is 1. The van der Waals surface area contributed by atoms with E-state index >= 15 is 0 Å². The molecule has 7 nitrogen and oxygen atoms in total. The monoisotopic (exact) mass is 399 g/mol. The van der Waals surface area contributed by atoms with Crippen molar-refractivity contribution in [3.63, 3.8) is 0 Å². The predicted molar refractivity (Wildman–Crippen MR) is 106 cm³/mol. The summed E-state index contributed by atoms with van der Waals surface area (Å²) in [4.78, 5) is 27.0. The van der Waals surface area contributed by atoms with Crippen LogP contribution >= 0.6 is 0 Å². The Morgan fingerprint density at radius 1 is 1.00 bits per heavy atom. The Kier molecular flexibility index (Phi) is 7.47. The van der Waals surface area contributed by atoms with E-state index in [2.05, 4.69) is 0 Å². The van der Waals surface area contributed by atoms with E-state index in [9.17, 15) is 9.59 Å². The molecule has 154 valence electrons. The van der Waals surface area contributed by atoms with Gasteiger partial charge in [-0.05, 0) is 24.3 Å². The molecule has 2 aromatic carbocycles. The number of esters is 1. The third kappa shape index (κ3) is 5.96. The van der Waals surface area contributed by atoms with Crippen LogP contribution in [0.3, 0.4) is 0 Å². The molecule has 1 aliphatic rings. The molecular formula is C22H25NO6. The van der Waals surface area contributed by atoms with Crippen LogP contribution < -0.4 is 9.47 Å². The minimum Gasteiger partial charge on any atom is -0.497 e. The Bertz CT molecular complexity index is 787. The van der Waals surface area contributed by atoms with Gasteiger partial charge in [0.2, 0.25) is 6.10 Å². The third-order valence-electron chi connectivity index (χ3n) is 4.53. The zero-order valence-corrected chi connectivity index (χ0v) is 16.4. The van der Waals surface area contributed by atoms with Crippen LogP contribution in [0.5, 0.6) is 11.5 Å². The molecule has 1 amide bonds. The van der Waals surface area contributed by atoms with Gasteiger partial charge in [-0.15, -0.1) is 0 Å². The van der Waals surface area contributed by atoms with Gasteiger partial charge in [0.15, 0.2) is 0 Å². The van der Waals surface area contributed by atoms with Crippen LogP contribution in [0.25, 0.3) is 0 Å². The highest BCUT2D eigenvalue weighted by atomic mass is 16.6. The summed E-state index contributed by atoms with van der Waals surface area (Å²) in [5.74, 6) is 0.629. The number of ether oxygens (including phenoxy) is 4. The molecule has 29 heavy (non-hydrogen) atoms. The fraction of sp³-hybridized carbons (Fsp3) is 0.364. The number of hydrogen-bond acceptors (Lipinski definition) is 6. The van der Waals surface area contributed by atoms with Crippen LogP contribution in [0, 0.1) is 0 Å². The van der Waals surface area contributed by atoms with E-state index in [0.717, 1.165) is 5.75 Å². The largest absolute Gasteiger partial charge is 0.497 e.